The Morgan fingerprint density at radius 2 is 1.78 bits per heavy atom. The van der Waals surface area contributed by atoms with E-state index < -0.39 is 0 Å². The number of hydrogen-bond acceptors (Lipinski definition) is 3. The molecule has 0 aliphatic carbocycles. The molecule has 94 valence electrons. The maximum atomic E-state index is 6.10. The van der Waals surface area contributed by atoms with Crippen LogP contribution in [0.1, 0.15) is 28.7 Å². The van der Waals surface area contributed by atoms with E-state index in [0.29, 0.717) is 11.0 Å². The molecule has 0 spiro atoms. The van der Waals surface area contributed by atoms with E-state index in [2.05, 4.69) is 9.97 Å². The Morgan fingerprint density at radius 3 is 2.33 bits per heavy atom. The van der Waals surface area contributed by atoms with Crippen molar-refractivity contribution >= 4 is 11.6 Å². The molecule has 1 heterocycles. The van der Waals surface area contributed by atoms with Crippen LogP contribution >= 0.6 is 11.6 Å². The van der Waals surface area contributed by atoms with Gasteiger partial charge >= 0.3 is 0 Å². The highest BCUT2D eigenvalue weighted by atomic mass is 35.5. The van der Waals surface area contributed by atoms with Crippen LogP contribution in [0.2, 0.25) is 5.15 Å². The molecule has 0 amide bonds. The predicted molar refractivity (Wildman–Crippen MR) is 71.8 cm³/mol. The van der Waals surface area contributed by atoms with Crippen LogP contribution in [0, 0.1) is 13.8 Å². The van der Waals surface area contributed by atoms with Crippen molar-refractivity contribution in [2.24, 2.45) is 0 Å². The summed E-state index contributed by atoms with van der Waals surface area (Å²) in [6.45, 7) is 3.83. The first kappa shape index (κ1) is 13.0. The molecule has 0 fully saturated rings. The zero-order chi connectivity index (χ0) is 13.1. The predicted octanol–water partition coefficient (Wildman–Crippen LogP) is 3.48. The van der Waals surface area contributed by atoms with Crippen molar-refractivity contribution in [1.82, 2.24) is 9.97 Å². The largest absolute Gasteiger partial charge is 0.369 e. The topological polar surface area (TPSA) is 35.0 Å². The second-order valence-corrected chi connectivity index (χ2v) is 4.47. The van der Waals surface area contributed by atoms with Gasteiger partial charge in [0.25, 0.3) is 0 Å². The first-order valence-corrected chi connectivity index (χ1v) is 6.09. The van der Waals surface area contributed by atoms with Crippen LogP contribution in [-0.4, -0.2) is 17.1 Å². The van der Waals surface area contributed by atoms with Crippen molar-refractivity contribution in [3.05, 3.63) is 58.1 Å². The van der Waals surface area contributed by atoms with Gasteiger partial charge in [-0.1, -0.05) is 41.9 Å². The second-order valence-electron chi connectivity index (χ2n) is 4.11. The van der Waals surface area contributed by atoms with E-state index in [1.807, 2.05) is 44.2 Å². The molecule has 0 bridgehead atoms. The van der Waals surface area contributed by atoms with Crippen LogP contribution < -0.4 is 0 Å². The molecule has 1 unspecified atom stereocenters. The van der Waals surface area contributed by atoms with Gasteiger partial charge in [0.05, 0.1) is 0 Å². The number of ether oxygens (including phenoxy) is 1. The standard InChI is InChI=1S/C14H15ClN2O/c1-9-10(2)16-14(17-13(9)15)12(18-3)11-7-5-4-6-8-11/h4-8,12H,1-3H3. The zero-order valence-electron chi connectivity index (χ0n) is 10.6. The molecule has 3 nitrogen and oxygen atoms in total. The smallest absolute Gasteiger partial charge is 0.163 e. The summed E-state index contributed by atoms with van der Waals surface area (Å²) in [5.41, 5.74) is 2.80. The molecule has 0 saturated heterocycles. The summed E-state index contributed by atoms with van der Waals surface area (Å²) in [7, 11) is 1.64. The Hall–Kier alpha value is -1.45. The molecule has 1 aromatic carbocycles. The number of methoxy groups -OCH3 is 1. The summed E-state index contributed by atoms with van der Waals surface area (Å²) in [6, 6.07) is 9.86. The van der Waals surface area contributed by atoms with Crippen molar-refractivity contribution in [3.63, 3.8) is 0 Å². The fourth-order valence-electron chi connectivity index (χ4n) is 1.75. The highest BCUT2D eigenvalue weighted by molar-refractivity contribution is 6.30. The molecular weight excluding hydrogens is 248 g/mol. The van der Waals surface area contributed by atoms with Gasteiger partial charge in [-0.15, -0.1) is 0 Å². The molecule has 0 saturated carbocycles. The Kier molecular flexibility index (Phi) is 3.94. The van der Waals surface area contributed by atoms with E-state index in [-0.39, 0.29) is 6.10 Å². The quantitative estimate of drug-likeness (QED) is 0.795. The second kappa shape index (κ2) is 5.46. The van der Waals surface area contributed by atoms with Crippen molar-refractivity contribution in [2.75, 3.05) is 7.11 Å². The molecule has 18 heavy (non-hydrogen) atoms. The van der Waals surface area contributed by atoms with Crippen LogP contribution in [0.5, 0.6) is 0 Å². The Bertz CT molecular complexity index is 520. The fraction of sp³-hybridized carbons (Fsp3) is 0.286. The Labute approximate surface area is 112 Å². The third kappa shape index (κ3) is 2.52. The number of aryl methyl sites for hydroxylation is 1. The maximum Gasteiger partial charge on any atom is 0.163 e. The van der Waals surface area contributed by atoms with Gasteiger partial charge < -0.3 is 4.74 Å². The summed E-state index contributed by atoms with van der Waals surface area (Å²) < 4.78 is 5.49. The molecule has 0 radical (unpaired) electrons. The number of rotatable bonds is 3. The van der Waals surface area contributed by atoms with E-state index in [9.17, 15) is 0 Å². The highest BCUT2D eigenvalue weighted by Gasteiger charge is 2.18. The van der Waals surface area contributed by atoms with Crippen molar-refractivity contribution in [2.45, 2.75) is 20.0 Å². The number of benzene rings is 1. The van der Waals surface area contributed by atoms with Gasteiger partial charge in [0, 0.05) is 18.4 Å². The average molecular weight is 263 g/mol. The first-order chi connectivity index (χ1) is 8.63. The van der Waals surface area contributed by atoms with Gasteiger partial charge in [-0.3, -0.25) is 0 Å². The van der Waals surface area contributed by atoms with Gasteiger partial charge in [0.2, 0.25) is 0 Å². The molecule has 0 aliphatic rings. The van der Waals surface area contributed by atoms with E-state index in [1.54, 1.807) is 7.11 Å². The van der Waals surface area contributed by atoms with E-state index >= 15 is 0 Å². The fourth-order valence-corrected chi connectivity index (χ4v) is 1.97. The average Bonchev–Trinajstić information content (AvgIpc) is 2.38. The third-order valence-electron chi connectivity index (χ3n) is 2.92. The zero-order valence-corrected chi connectivity index (χ0v) is 11.4. The molecule has 1 atom stereocenters. The maximum absolute atomic E-state index is 6.10. The molecule has 4 heteroatoms. The van der Waals surface area contributed by atoms with Crippen LogP contribution in [0.3, 0.4) is 0 Å². The number of aromatic nitrogens is 2. The summed E-state index contributed by atoms with van der Waals surface area (Å²) in [5.74, 6) is 0.594. The molecule has 2 rings (SSSR count). The lowest BCUT2D eigenvalue weighted by Gasteiger charge is -2.15. The lowest BCUT2D eigenvalue weighted by molar-refractivity contribution is 0.129. The summed E-state index contributed by atoms with van der Waals surface area (Å²) >= 11 is 6.10. The Morgan fingerprint density at radius 1 is 1.11 bits per heavy atom. The van der Waals surface area contributed by atoms with Crippen LogP contribution in [0.4, 0.5) is 0 Å². The summed E-state index contributed by atoms with van der Waals surface area (Å²) in [5, 5.41) is 0.482. The van der Waals surface area contributed by atoms with Crippen LogP contribution in [0.15, 0.2) is 30.3 Å². The van der Waals surface area contributed by atoms with Crippen molar-refractivity contribution in [3.8, 4) is 0 Å². The SMILES string of the molecule is COC(c1ccccc1)c1nc(C)c(C)c(Cl)n1. The number of nitrogens with zero attached hydrogens (tertiary/aromatic N) is 2. The summed E-state index contributed by atoms with van der Waals surface area (Å²) in [4.78, 5) is 8.77. The molecular formula is C14H15ClN2O. The Balaban J connectivity index is 2.46. The molecule has 1 aromatic heterocycles. The van der Waals surface area contributed by atoms with Gasteiger partial charge in [-0.05, 0) is 19.4 Å². The van der Waals surface area contributed by atoms with E-state index in [0.717, 1.165) is 16.8 Å². The van der Waals surface area contributed by atoms with Gasteiger partial charge in [-0.25, -0.2) is 9.97 Å². The number of hydrogen-bond donors (Lipinski definition) is 0. The van der Waals surface area contributed by atoms with Crippen LogP contribution in [0.25, 0.3) is 0 Å². The third-order valence-corrected chi connectivity index (χ3v) is 3.29. The van der Waals surface area contributed by atoms with Gasteiger partial charge in [0.15, 0.2) is 5.82 Å². The van der Waals surface area contributed by atoms with Crippen LogP contribution in [-0.2, 0) is 4.74 Å². The summed E-state index contributed by atoms with van der Waals surface area (Å²) in [6.07, 6.45) is -0.289. The highest BCUT2D eigenvalue weighted by Crippen LogP contribution is 2.25. The molecule has 0 aliphatic heterocycles. The van der Waals surface area contributed by atoms with E-state index in [4.69, 9.17) is 16.3 Å². The minimum Gasteiger partial charge on any atom is -0.369 e. The molecule has 2 aromatic rings. The number of halogens is 1. The normalized spacial score (nSPS) is 12.4. The minimum absolute atomic E-state index is 0.289. The lowest BCUT2D eigenvalue weighted by Crippen LogP contribution is -2.10. The van der Waals surface area contributed by atoms with E-state index in [1.165, 1.54) is 0 Å². The lowest BCUT2D eigenvalue weighted by atomic mass is 10.1. The van der Waals surface area contributed by atoms with Gasteiger partial charge in [-0.2, -0.15) is 0 Å². The molecule has 0 N–H and O–H groups in total. The first-order valence-electron chi connectivity index (χ1n) is 5.72. The monoisotopic (exact) mass is 262 g/mol. The van der Waals surface area contributed by atoms with Crippen molar-refractivity contribution < 1.29 is 4.74 Å². The van der Waals surface area contributed by atoms with Crippen molar-refractivity contribution in [1.29, 1.82) is 0 Å². The minimum atomic E-state index is -0.289. The van der Waals surface area contributed by atoms with Gasteiger partial charge in [0.1, 0.15) is 11.3 Å².